The van der Waals surface area contributed by atoms with Gasteiger partial charge in [0.1, 0.15) is 5.82 Å². The highest BCUT2D eigenvalue weighted by Crippen LogP contribution is 2.33. The first-order chi connectivity index (χ1) is 12.3. The van der Waals surface area contributed by atoms with Gasteiger partial charge in [0.25, 0.3) is 0 Å². The Balaban J connectivity index is 1.82. The molecule has 0 amide bonds. The minimum atomic E-state index is -3.63. The van der Waals surface area contributed by atoms with Gasteiger partial charge in [0.05, 0.1) is 23.0 Å². The largest absolute Gasteiger partial charge is 0.373 e. The summed E-state index contributed by atoms with van der Waals surface area (Å²) in [7, 11) is 3.52. The van der Waals surface area contributed by atoms with Gasteiger partial charge in [-0.05, 0) is 26.9 Å². The molecule has 3 rings (SSSR count). The van der Waals surface area contributed by atoms with Gasteiger partial charge in [-0.15, -0.1) is 0 Å². The van der Waals surface area contributed by atoms with E-state index in [4.69, 9.17) is 0 Å². The Hall–Kier alpha value is -2.36. The standard InChI is InChI=1S/C16H22F3N7/c1-10-13(8-26(24-10)11-4-5-25(3)7-11)22-15-21-6-12(14(20-2)23-15)16(18,19)9-17/h6,8,11H,4-5,7,9H2,1-3H3,(H2,20,21,22,23)/t11-/m1/s1. The number of rotatable bonds is 6. The number of likely N-dealkylation sites (N-methyl/N-ethyl adjacent to an activating group) is 1. The zero-order valence-electron chi connectivity index (χ0n) is 14.9. The van der Waals surface area contributed by atoms with Gasteiger partial charge in [0.15, 0.2) is 6.67 Å². The maximum atomic E-state index is 13.6. The number of aryl methyl sites for hydroxylation is 1. The van der Waals surface area contributed by atoms with Crippen LogP contribution in [-0.4, -0.2) is 58.5 Å². The molecular weight excluding hydrogens is 347 g/mol. The van der Waals surface area contributed by atoms with Crippen LogP contribution in [0.5, 0.6) is 0 Å². The quantitative estimate of drug-likeness (QED) is 0.816. The van der Waals surface area contributed by atoms with Crippen molar-refractivity contribution in [1.82, 2.24) is 24.6 Å². The van der Waals surface area contributed by atoms with Crippen molar-refractivity contribution >= 4 is 17.5 Å². The van der Waals surface area contributed by atoms with Crippen molar-refractivity contribution in [2.24, 2.45) is 0 Å². The molecule has 2 N–H and O–H groups in total. The minimum absolute atomic E-state index is 0.118. The number of aromatic nitrogens is 4. The van der Waals surface area contributed by atoms with Crippen molar-refractivity contribution < 1.29 is 13.2 Å². The van der Waals surface area contributed by atoms with Crippen LogP contribution in [0.3, 0.4) is 0 Å². The summed E-state index contributed by atoms with van der Waals surface area (Å²) in [5.74, 6) is -3.61. The van der Waals surface area contributed by atoms with Crippen molar-refractivity contribution in [2.75, 3.05) is 44.5 Å². The fourth-order valence-electron chi connectivity index (χ4n) is 3.01. The highest BCUT2D eigenvalue weighted by atomic mass is 19.3. The molecule has 3 heterocycles. The maximum Gasteiger partial charge on any atom is 0.306 e. The lowest BCUT2D eigenvalue weighted by atomic mass is 10.2. The first-order valence-electron chi connectivity index (χ1n) is 8.34. The molecule has 1 saturated heterocycles. The number of likely N-dealkylation sites (tertiary alicyclic amines) is 1. The minimum Gasteiger partial charge on any atom is -0.373 e. The number of hydrogen-bond acceptors (Lipinski definition) is 6. The molecule has 0 unspecified atom stereocenters. The first kappa shape index (κ1) is 18.4. The number of nitrogens with one attached hydrogen (secondary N) is 2. The zero-order valence-corrected chi connectivity index (χ0v) is 14.9. The van der Waals surface area contributed by atoms with E-state index in [0.29, 0.717) is 11.7 Å². The van der Waals surface area contributed by atoms with Gasteiger partial charge < -0.3 is 15.5 Å². The molecule has 0 bridgehead atoms. The molecule has 0 radical (unpaired) electrons. The molecule has 0 aliphatic carbocycles. The molecule has 1 atom stereocenters. The molecule has 1 aliphatic heterocycles. The van der Waals surface area contributed by atoms with Gasteiger partial charge >= 0.3 is 5.92 Å². The predicted molar refractivity (Wildman–Crippen MR) is 92.8 cm³/mol. The second kappa shape index (κ2) is 7.10. The van der Waals surface area contributed by atoms with E-state index in [1.54, 1.807) is 0 Å². The third-order valence-corrected chi connectivity index (χ3v) is 4.49. The molecule has 2 aromatic rings. The maximum absolute atomic E-state index is 13.6. The van der Waals surface area contributed by atoms with Crippen LogP contribution < -0.4 is 10.6 Å². The van der Waals surface area contributed by atoms with Crippen LogP contribution in [0.1, 0.15) is 23.7 Å². The van der Waals surface area contributed by atoms with E-state index >= 15 is 0 Å². The van der Waals surface area contributed by atoms with Gasteiger partial charge in [0, 0.05) is 26.0 Å². The number of alkyl halides is 3. The van der Waals surface area contributed by atoms with E-state index in [1.807, 2.05) is 17.8 Å². The molecule has 1 aliphatic rings. The molecule has 1 fully saturated rings. The summed E-state index contributed by atoms with van der Waals surface area (Å²) in [4.78, 5) is 10.2. The topological polar surface area (TPSA) is 70.9 Å². The van der Waals surface area contributed by atoms with Crippen LogP contribution in [0.25, 0.3) is 0 Å². The lowest BCUT2D eigenvalue weighted by Crippen LogP contribution is -2.19. The molecule has 0 spiro atoms. The van der Waals surface area contributed by atoms with Crippen LogP contribution in [-0.2, 0) is 5.92 Å². The Morgan fingerprint density at radius 1 is 1.38 bits per heavy atom. The van der Waals surface area contributed by atoms with E-state index in [1.165, 1.54) is 7.05 Å². The summed E-state index contributed by atoms with van der Waals surface area (Å²) in [6.45, 7) is 1.99. The van der Waals surface area contributed by atoms with Crippen LogP contribution in [0.2, 0.25) is 0 Å². The Kier molecular flexibility index (Phi) is 5.03. The van der Waals surface area contributed by atoms with E-state index in [9.17, 15) is 13.2 Å². The summed E-state index contributed by atoms with van der Waals surface area (Å²) in [6, 6.07) is 0.300. The van der Waals surface area contributed by atoms with E-state index in [0.717, 1.165) is 31.4 Å². The lowest BCUT2D eigenvalue weighted by molar-refractivity contribution is -0.0279. The Morgan fingerprint density at radius 2 is 2.15 bits per heavy atom. The van der Waals surface area contributed by atoms with Crippen molar-refractivity contribution in [1.29, 1.82) is 0 Å². The van der Waals surface area contributed by atoms with E-state index in [-0.39, 0.29) is 11.8 Å². The molecule has 10 heteroatoms. The summed E-state index contributed by atoms with van der Waals surface area (Å²) < 4.78 is 41.8. The number of hydrogen-bond donors (Lipinski definition) is 2. The SMILES string of the molecule is CNc1nc(Nc2cn([C@@H]3CCN(C)C3)nc2C)ncc1C(F)(F)CF. The highest BCUT2D eigenvalue weighted by molar-refractivity contribution is 5.58. The number of nitrogens with zero attached hydrogens (tertiary/aromatic N) is 5. The zero-order chi connectivity index (χ0) is 18.9. The Bertz CT molecular complexity index is 777. The first-order valence-corrected chi connectivity index (χ1v) is 8.34. The van der Waals surface area contributed by atoms with Crippen LogP contribution in [0.15, 0.2) is 12.4 Å². The summed E-state index contributed by atoms with van der Waals surface area (Å²) in [5, 5.41) is 10.1. The van der Waals surface area contributed by atoms with Crippen molar-refractivity contribution in [3.8, 4) is 0 Å². The fraction of sp³-hybridized carbons (Fsp3) is 0.562. The summed E-state index contributed by atoms with van der Waals surface area (Å²) >= 11 is 0. The number of anilines is 3. The molecule has 0 aromatic carbocycles. The third-order valence-electron chi connectivity index (χ3n) is 4.49. The molecule has 142 valence electrons. The van der Waals surface area contributed by atoms with Gasteiger partial charge in [-0.1, -0.05) is 0 Å². The van der Waals surface area contributed by atoms with Crippen LogP contribution in [0, 0.1) is 6.92 Å². The van der Waals surface area contributed by atoms with Crippen LogP contribution in [0.4, 0.5) is 30.6 Å². The molecular formula is C16H22F3N7. The summed E-state index contributed by atoms with van der Waals surface area (Å²) in [5.41, 5.74) is 0.883. The highest BCUT2D eigenvalue weighted by Gasteiger charge is 2.35. The van der Waals surface area contributed by atoms with Gasteiger partial charge in [-0.3, -0.25) is 4.68 Å². The molecule has 0 saturated carbocycles. The van der Waals surface area contributed by atoms with Crippen LogP contribution >= 0.6 is 0 Å². The average molecular weight is 369 g/mol. The molecule has 26 heavy (non-hydrogen) atoms. The predicted octanol–water partition coefficient (Wildman–Crippen LogP) is 2.70. The fourth-order valence-corrected chi connectivity index (χ4v) is 3.01. The smallest absolute Gasteiger partial charge is 0.306 e. The normalized spacial score (nSPS) is 18.3. The number of halogens is 3. The average Bonchev–Trinajstić information content (AvgIpc) is 3.21. The van der Waals surface area contributed by atoms with Gasteiger partial charge in [-0.2, -0.15) is 18.9 Å². The molecule has 2 aromatic heterocycles. The van der Waals surface area contributed by atoms with Crippen molar-refractivity contribution in [3.63, 3.8) is 0 Å². The van der Waals surface area contributed by atoms with Gasteiger partial charge in [-0.25, -0.2) is 9.37 Å². The van der Waals surface area contributed by atoms with E-state index < -0.39 is 18.2 Å². The Labute approximate surface area is 149 Å². The van der Waals surface area contributed by atoms with Crippen molar-refractivity contribution in [2.45, 2.75) is 25.3 Å². The summed E-state index contributed by atoms with van der Waals surface area (Å²) in [6.07, 6.45) is 3.82. The second-order valence-corrected chi connectivity index (χ2v) is 6.48. The monoisotopic (exact) mass is 369 g/mol. The van der Waals surface area contributed by atoms with Crippen molar-refractivity contribution in [3.05, 3.63) is 23.7 Å². The van der Waals surface area contributed by atoms with Gasteiger partial charge in [0.2, 0.25) is 5.95 Å². The molecule has 7 nitrogen and oxygen atoms in total. The second-order valence-electron chi connectivity index (χ2n) is 6.48. The lowest BCUT2D eigenvalue weighted by Gasteiger charge is -2.16. The third kappa shape index (κ3) is 3.59. The Morgan fingerprint density at radius 3 is 2.77 bits per heavy atom. The van der Waals surface area contributed by atoms with E-state index in [2.05, 4.69) is 37.6 Å².